The van der Waals surface area contributed by atoms with Crippen LogP contribution in [-0.2, 0) is 14.4 Å². The molecule has 1 amide bonds. The van der Waals surface area contributed by atoms with Crippen molar-refractivity contribution in [2.45, 2.75) is 50.5 Å². The molecule has 3 N–H and O–H groups in total. The van der Waals surface area contributed by atoms with Gasteiger partial charge < -0.3 is 20.6 Å². The summed E-state index contributed by atoms with van der Waals surface area (Å²) in [5.74, 6) is 2.95. The van der Waals surface area contributed by atoms with Gasteiger partial charge in [0.25, 0.3) is 5.91 Å². The number of nitrogens with zero attached hydrogens (tertiary/aromatic N) is 1. The van der Waals surface area contributed by atoms with Crippen molar-refractivity contribution in [3.8, 4) is 0 Å². The van der Waals surface area contributed by atoms with Crippen LogP contribution in [0, 0.1) is 23.7 Å². The molecule has 0 aromatic heterocycles. The van der Waals surface area contributed by atoms with Crippen LogP contribution in [0.15, 0.2) is 5.16 Å². The van der Waals surface area contributed by atoms with Crippen LogP contribution in [0.2, 0.25) is 0 Å². The lowest BCUT2D eigenvalue weighted by molar-refractivity contribution is -0.131. The molecule has 1 aliphatic heterocycles. The van der Waals surface area contributed by atoms with Gasteiger partial charge in [0.1, 0.15) is 5.84 Å². The van der Waals surface area contributed by atoms with E-state index in [1.165, 1.54) is 19.3 Å². The highest BCUT2D eigenvalue weighted by atomic mass is 16.6. The van der Waals surface area contributed by atoms with E-state index in [-0.39, 0.29) is 24.0 Å². The first-order valence-electron chi connectivity index (χ1n) is 8.96. The molecule has 0 aromatic carbocycles. The zero-order valence-corrected chi connectivity index (χ0v) is 13.6. The van der Waals surface area contributed by atoms with Crippen LogP contribution >= 0.6 is 0 Å². The molecule has 1 heterocycles. The van der Waals surface area contributed by atoms with E-state index in [0.717, 1.165) is 43.4 Å². The Balaban J connectivity index is 1.28. The highest BCUT2D eigenvalue weighted by Crippen LogP contribution is 2.55. The Labute approximate surface area is 137 Å². The predicted molar refractivity (Wildman–Crippen MR) is 85.5 cm³/mol. The largest absolute Gasteiger partial charge is 0.384 e. The predicted octanol–water partition coefficient (Wildman–Crippen LogP) is 1.40. The minimum absolute atomic E-state index is 0.0315. The number of carbonyl (C=O) groups excluding carboxylic acids is 1. The van der Waals surface area contributed by atoms with E-state index in [1.54, 1.807) is 0 Å². The van der Waals surface area contributed by atoms with Gasteiger partial charge in [-0.3, -0.25) is 4.79 Å². The van der Waals surface area contributed by atoms with Gasteiger partial charge in [-0.15, -0.1) is 0 Å². The minimum Gasteiger partial charge on any atom is -0.384 e. The second-order valence-corrected chi connectivity index (χ2v) is 8.10. The molecule has 1 saturated heterocycles. The van der Waals surface area contributed by atoms with E-state index in [0.29, 0.717) is 19.0 Å². The van der Waals surface area contributed by atoms with Crippen molar-refractivity contribution in [2.24, 2.45) is 34.6 Å². The molecule has 4 aliphatic carbocycles. The van der Waals surface area contributed by atoms with E-state index < -0.39 is 0 Å². The number of nitrogens with two attached hydrogens (primary N) is 1. The summed E-state index contributed by atoms with van der Waals surface area (Å²) >= 11 is 0. The third-order valence-electron chi connectivity index (χ3n) is 6.16. The molecule has 5 aliphatic rings. The summed E-state index contributed by atoms with van der Waals surface area (Å²) in [6.45, 7) is 1.27. The van der Waals surface area contributed by atoms with Gasteiger partial charge in [0.2, 0.25) is 0 Å². The summed E-state index contributed by atoms with van der Waals surface area (Å²) in [5, 5.41) is 7.16. The Morgan fingerprint density at radius 3 is 2.43 bits per heavy atom. The molecular formula is C17H27N3O3. The van der Waals surface area contributed by atoms with Crippen LogP contribution in [0.5, 0.6) is 0 Å². The van der Waals surface area contributed by atoms with Gasteiger partial charge in [-0.1, -0.05) is 5.16 Å². The Bertz CT molecular complexity index is 464. The smallest absolute Gasteiger partial charge is 0.261 e. The summed E-state index contributed by atoms with van der Waals surface area (Å²) in [6.07, 6.45) is 8.43. The third-order valence-corrected chi connectivity index (χ3v) is 6.16. The molecule has 0 aromatic rings. The first-order valence-corrected chi connectivity index (χ1v) is 8.96. The van der Waals surface area contributed by atoms with Gasteiger partial charge in [0.15, 0.2) is 6.61 Å². The molecule has 128 valence electrons. The summed E-state index contributed by atoms with van der Waals surface area (Å²) < 4.78 is 5.27. The van der Waals surface area contributed by atoms with Crippen LogP contribution in [-0.4, -0.2) is 37.1 Å². The molecule has 6 nitrogen and oxygen atoms in total. The molecule has 0 radical (unpaired) electrons. The lowest BCUT2D eigenvalue weighted by atomic mass is 9.53. The molecule has 5 fully saturated rings. The quantitative estimate of drug-likeness (QED) is 0.455. The van der Waals surface area contributed by atoms with Gasteiger partial charge in [-0.05, 0) is 62.7 Å². The van der Waals surface area contributed by atoms with Gasteiger partial charge >= 0.3 is 0 Å². The Hall–Kier alpha value is -1.30. The average molecular weight is 321 g/mol. The second kappa shape index (κ2) is 5.96. The molecule has 6 heteroatoms. The molecule has 4 saturated carbocycles. The summed E-state index contributed by atoms with van der Waals surface area (Å²) in [5.41, 5.74) is 5.90. The van der Waals surface area contributed by atoms with Crippen LogP contribution in [0.25, 0.3) is 0 Å². The van der Waals surface area contributed by atoms with E-state index in [1.807, 2.05) is 0 Å². The summed E-state index contributed by atoms with van der Waals surface area (Å²) in [7, 11) is 0. The number of carbonyl (C=O) groups is 1. The number of hydrogen-bond donors (Lipinski definition) is 2. The lowest BCUT2D eigenvalue weighted by Crippen LogP contribution is -2.60. The van der Waals surface area contributed by atoms with Gasteiger partial charge in [-0.2, -0.15) is 0 Å². The fourth-order valence-corrected chi connectivity index (χ4v) is 5.60. The van der Waals surface area contributed by atoms with Crippen molar-refractivity contribution in [2.75, 3.05) is 19.8 Å². The number of ether oxygens (including phenoxy) is 1. The van der Waals surface area contributed by atoms with E-state index in [4.69, 9.17) is 15.3 Å². The van der Waals surface area contributed by atoms with Crippen molar-refractivity contribution in [3.63, 3.8) is 0 Å². The highest BCUT2D eigenvalue weighted by molar-refractivity contribution is 5.83. The zero-order valence-electron chi connectivity index (χ0n) is 13.6. The first-order chi connectivity index (χ1) is 11.1. The average Bonchev–Trinajstić information content (AvgIpc) is 2.99. The van der Waals surface area contributed by atoms with Crippen molar-refractivity contribution in [3.05, 3.63) is 0 Å². The number of hydrogen-bond acceptors (Lipinski definition) is 4. The lowest BCUT2D eigenvalue weighted by Gasteiger charge is -2.56. The van der Waals surface area contributed by atoms with E-state index in [2.05, 4.69) is 10.5 Å². The number of amides is 1. The minimum atomic E-state index is -0.0637. The van der Waals surface area contributed by atoms with Gasteiger partial charge in [0.05, 0.1) is 6.61 Å². The fraction of sp³-hybridized carbons (Fsp3) is 0.882. The first kappa shape index (κ1) is 15.2. The van der Waals surface area contributed by atoms with Crippen molar-refractivity contribution >= 4 is 11.7 Å². The van der Waals surface area contributed by atoms with Crippen LogP contribution in [0.3, 0.4) is 0 Å². The number of rotatable bonds is 5. The molecule has 4 bridgehead atoms. The highest BCUT2D eigenvalue weighted by Gasteiger charge is 2.51. The molecule has 1 atom stereocenters. The van der Waals surface area contributed by atoms with Gasteiger partial charge in [0, 0.05) is 18.1 Å². The zero-order chi connectivity index (χ0) is 15.9. The topological polar surface area (TPSA) is 85.9 Å². The maximum Gasteiger partial charge on any atom is 0.261 e. The number of amidine groups is 1. The second-order valence-electron chi connectivity index (χ2n) is 8.10. The molecule has 0 unspecified atom stereocenters. The Morgan fingerprint density at radius 1 is 1.22 bits per heavy atom. The number of nitrogens with one attached hydrogen (secondary N) is 1. The maximum atomic E-state index is 12.3. The van der Waals surface area contributed by atoms with Crippen molar-refractivity contribution < 1.29 is 14.4 Å². The SMILES string of the molecule is N/C(=N\OCC(=O)NC12CC3CC(CC(C3)C1)C2)[C@H]1CCOC1. The van der Waals surface area contributed by atoms with Crippen molar-refractivity contribution in [1.29, 1.82) is 0 Å². The Kier molecular flexibility index (Phi) is 3.95. The summed E-state index contributed by atoms with van der Waals surface area (Å²) in [6, 6.07) is 0. The van der Waals surface area contributed by atoms with Crippen LogP contribution < -0.4 is 11.1 Å². The fourth-order valence-electron chi connectivity index (χ4n) is 5.60. The van der Waals surface area contributed by atoms with Crippen LogP contribution in [0.4, 0.5) is 0 Å². The van der Waals surface area contributed by atoms with E-state index in [9.17, 15) is 4.79 Å². The Morgan fingerprint density at radius 2 is 1.87 bits per heavy atom. The van der Waals surface area contributed by atoms with Gasteiger partial charge in [-0.25, -0.2) is 0 Å². The van der Waals surface area contributed by atoms with Crippen molar-refractivity contribution in [1.82, 2.24) is 5.32 Å². The molecule has 0 spiro atoms. The summed E-state index contributed by atoms with van der Waals surface area (Å²) in [4.78, 5) is 17.4. The molecule has 23 heavy (non-hydrogen) atoms. The standard InChI is InChI=1S/C17H27N3O3/c18-16(14-1-2-22-9-14)20-23-10-15(21)19-17-6-11-3-12(7-17)5-13(4-11)8-17/h11-14H,1-10H2,(H2,18,20)(H,19,21)/t11?,12?,13?,14-,17?/m0/s1. The third kappa shape index (κ3) is 3.18. The van der Waals surface area contributed by atoms with E-state index >= 15 is 0 Å². The number of oxime groups is 1. The normalized spacial score (nSPS) is 42.0. The molecule has 5 rings (SSSR count). The monoisotopic (exact) mass is 321 g/mol. The maximum absolute atomic E-state index is 12.3. The van der Waals surface area contributed by atoms with Crippen LogP contribution in [0.1, 0.15) is 44.9 Å². The molecular weight excluding hydrogens is 294 g/mol.